The summed E-state index contributed by atoms with van der Waals surface area (Å²) >= 11 is 5.60. The van der Waals surface area contributed by atoms with Crippen molar-refractivity contribution in [3.05, 3.63) is 0 Å². The molecular formula is C14H26ClNO6. The summed E-state index contributed by atoms with van der Waals surface area (Å²) in [6.07, 6.45) is -0.692. The zero-order valence-electron chi connectivity index (χ0n) is 12.8. The van der Waals surface area contributed by atoms with Crippen LogP contribution in [0.1, 0.15) is 32.6 Å². The number of hydrogen-bond donors (Lipinski definition) is 4. The van der Waals surface area contributed by atoms with Crippen molar-refractivity contribution in [3.63, 3.8) is 0 Å². The fourth-order valence-corrected chi connectivity index (χ4v) is 2.55. The van der Waals surface area contributed by atoms with E-state index < -0.39 is 37.3 Å². The lowest BCUT2D eigenvalue weighted by atomic mass is 9.97. The van der Waals surface area contributed by atoms with Crippen LogP contribution in [0, 0.1) is 0 Å². The van der Waals surface area contributed by atoms with E-state index in [4.69, 9.17) is 21.1 Å². The predicted octanol–water partition coefficient (Wildman–Crippen LogP) is -0.254. The Kier molecular flexibility index (Phi) is 9.23. The Labute approximate surface area is 135 Å². The van der Waals surface area contributed by atoms with E-state index in [0.29, 0.717) is 12.5 Å². The van der Waals surface area contributed by atoms with Crippen LogP contribution in [0.5, 0.6) is 0 Å². The number of aliphatic hydroxyl groups is 3. The van der Waals surface area contributed by atoms with Crippen molar-refractivity contribution in [2.24, 2.45) is 0 Å². The smallest absolute Gasteiger partial charge is 0.217 e. The van der Waals surface area contributed by atoms with Crippen LogP contribution in [0.2, 0.25) is 0 Å². The molecule has 130 valence electrons. The Hall–Kier alpha value is -0.440. The van der Waals surface area contributed by atoms with Crippen molar-refractivity contribution in [2.45, 2.75) is 63.3 Å². The normalized spacial score (nSPS) is 32.0. The van der Waals surface area contributed by atoms with Gasteiger partial charge in [0.05, 0.1) is 6.61 Å². The maximum Gasteiger partial charge on any atom is 0.217 e. The number of halogens is 1. The van der Waals surface area contributed by atoms with Crippen LogP contribution in [0.4, 0.5) is 0 Å². The van der Waals surface area contributed by atoms with Crippen LogP contribution in [-0.2, 0) is 14.3 Å². The summed E-state index contributed by atoms with van der Waals surface area (Å²) in [7, 11) is 0. The van der Waals surface area contributed by atoms with Crippen molar-refractivity contribution < 1.29 is 29.6 Å². The fraction of sp³-hybridized carbons (Fsp3) is 0.929. The Morgan fingerprint density at radius 2 is 1.91 bits per heavy atom. The molecule has 0 unspecified atom stereocenters. The summed E-state index contributed by atoms with van der Waals surface area (Å²) in [6, 6.07) is -0.877. The van der Waals surface area contributed by atoms with Gasteiger partial charge < -0.3 is 30.1 Å². The number of carbonyl (C=O) groups is 1. The van der Waals surface area contributed by atoms with Crippen LogP contribution in [0.25, 0.3) is 0 Å². The van der Waals surface area contributed by atoms with Gasteiger partial charge in [-0.15, -0.1) is 11.6 Å². The summed E-state index contributed by atoms with van der Waals surface area (Å²) < 4.78 is 11.0. The molecule has 5 atom stereocenters. The molecule has 1 amide bonds. The monoisotopic (exact) mass is 339 g/mol. The van der Waals surface area contributed by atoms with Gasteiger partial charge in [-0.3, -0.25) is 4.79 Å². The zero-order chi connectivity index (χ0) is 16.5. The van der Waals surface area contributed by atoms with Crippen molar-refractivity contribution in [1.82, 2.24) is 5.32 Å². The zero-order valence-corrected chi connectivity index (χ0v) is 13.5. The third-order valence-corrected chi connectivity index (χ3v) is 3.83. The largest absolute Gasteiger partial charge is 0.394 e. The summed E-state index contributed by atoms with van der Waals surface area (Å²) in [5, 5.41) is 31.6. The van der Waals surface area contributed by atoms with Crippen LogP contribution >= 0.6 is 11.6 Å². The first kappa shape index (κ1) is 19.6. The molecule has 0 bridgehead atoms. The number of unbranched alkanes of at least 4 members (excludes halogenated alkanes) is 3. The van der Waals surface area contributed by atoms with Gasteiger partial charge in [0.1, 0.15) is 24.4 Å². The summed E-state index contributed by atoms with van der Waals surface area (Å²) in [6.45, 7) is 1.26. The second-order valence-electron chi connectivity index (χ2n) is 5.41. The lowest BCUT2D eigenvalue weighted by molar-refractivity contribution is -0.270. The second kappa shape index (κ2) is 10.4. The molecule has 7 nitrogen and oxygen atoms in total. The van der Waals surface area contributed by atoms with Gasteiger partial charge in [-0.05, 0) is 12.8 Å². The van der Waals surface area contributed by atoms with Gasteiger partial charge in [0.25, 0.3) is 0 Å². The molecule has 0 aromatic carbocycles. The van der Waals surface area contributed by atoms with Crippen molar-refractivity contribution in [1.29, 1.82) is 0 Å². The molecule has 1 heterocycles. The van der Waals surface area contributed by atoms with Crippen LogP contribution in [0.3, 0.4) is 0 Å². The molecule has 1 saturated heterocycles. The van der Waals surface area contributed by atoms with E-state index in [1.54, 1.807) is 0 Å². The third-order valence-electron chi connectivity index (χ3n) is 3.56. The maximum atomic E-state index is 11.2. The average Bonchev–Trinajstić information content (AvgIpc) is 2.49. The Balaban J connectivity index is 2.52. The highest BCUT2D eigenvalue weighted by Gasteiger charge is 2.45. The van der Waals surface area contributed by atoms with E-state index in [1.807, 2.05) is 0 Å². The highest BCUT2D eigenvalue weighted by molar-refractivity contribution is 6.17. The van der Waals surface area contributed by atoms with Crippen molar-refractivity contribution in [2.75, 3.05) is 19.1 Å². The Morgan fingerprint density at radius 3 is 2.50 bits per heavy atom. The van der Waals surface area contributed by atoms with E-state index in [0.717, 1.165) is 25.7 Å². The highest BCUT2D eigenvalue weighted by Crippen LogP contribution is 2.22. The van der Waals surface area contributed by atoms with Crippen LogP contribution < -0.4 is 5.32 Å². The number of aliphatic hydroxyl groups excluding tert-OH is 3. The minimum Gasteiger partial charge on any atom is -0.394 e. The molecule has 1 aliphatic rings. The predicted molar refractivity (Wildman–Crippen MR) is 80.5 cm³/mol. The van der Waals surface area contributed by atoms with Gasteiger partial charge in [-0.25, -0.2) is 0 Å². The average molecular weight is 340 g/mol. The molecule has 22 heavy (non-hydrogen) atoms. The van der Waals surface area contributed by atoms with E-state index in [9.17, 15) is 20.1 Å². The molecule has 4 N–H and O–H groups in total. The number of amides is 1. The minimum atomic E-state index is -1.29. The molecule has 0 aromatic heterocycles. The molecule has 8 heteroatoms. The lowest BCUT2D eigenvalue weighted by Gasteiger charge is -2.42. The number of hydrogen-bond acceptors (Lipinski definition) is 6. The van der Waals surface area contributed by atoms with Gasteiger partial charge in [0.2, 0.25) is 5.91 Å². The SMILES string of the molecule is CC(=O)N[C@@H]1[C@H](OCCCCCCCl)O[C@H](CO)[C@@H](O)[C@@H]1O. The topological polar surface area (TPSA) is 108 Å². The molecule has 0 aromatic rings. The van der Waals surface area contributed by atoms with E-state index in [2.05, 4.69) is 5.32 Å². The summed E-state index contributed by atoms with van der Waals surface area (Å²) in [5.41, 5.74) is 0. The molecular weight excluding hydrogens is 314 g/mol. The van der Waals surface area contributed by atoms with Gasteiger partial charge in [-0.2, -0.15) is 0 Å². The van der Waals surface area contributed by atoms with Crippen LogP contribution in [0.15, 0.2) is 0 Å². The molecule has 1 rings (SSSR count). The number of nitrogens with one attached hydrogen (secondary N) is 1. The standard InChI is InChI=1S/C14H26ClNO6/c1-9(18)16-11-13(20)12(19)10(8-17)22-14(11)21-7-5-3-2-4-6-15/h10-14,17,19-20H,2-8H2,1H3,(H,16,18)/t10-,11+,12-,13-,14-/m1/s1. The van der Waals surface area contributed by atoms with E-state index >= 15 is 0 Å². The molecule has 0 saturated carbocycles. The highest BCUT2D eigenvalue weighted by atomic mass is 35.5. The minimum absolute atomic E-state index is 0.363. The summed E-state index contributed by atoms with van der Waals surface area (Å²) in [5.74, 6) is 0.275. The van der Waals surface area contributed by atoms with Gasteiger partial charge in [0.15, 0.2) is 6.29 Å². The molecule has 0 aliphatic carbocycles. The van der Waals surface area contributed by atoms with Gasteiger partial charge in [0, 0.05) is 19.4 Å². The summed E-state index contributed by atoms with van der Waals surface area (Å²) in [4.78, 5) is 11.2. The number of ether oxygens (including phenoxy) is 2. The number of carbonyl (C=O) groups excluding carboxylic acids is 1. The molecule has 1 aliphatic heterocycles. The van der Waals surface area contributed by atoms with E-state index in [1.165, 1.54) is 6.92 Å². The Bertz CT molecular complexity index is 332. The fourth-order valence-electron chi connectivity index (χ4n) is 2.36. The first-order valence-corrected chi connectivity index (χ1v) is 8.11. The molecule has 1 fully saturated rings. The third kappa shape index (κ3) is 5.98. The number of alkyl halides is 1. The first-order chi connectivity index (χ1) is 10.5. The van der Waals surface area contributed by atoms with Gasteiger partial charge in [-0.1, -0.05) is 12.8 Å². The molecule has 0 radical (unpaired) electrons. The maximum absolute atomic E-state index is 11.2. The van der Waals surface area contributed by atoms with Crippen LogP contribution in [-0.4, -0.2) is 71.0 Å². The second-order valence-corrected chi connectivity index (χ2v) is 5.78. The van der Waals surface area contributed by atoms with Crippen molar-refractivity contribution in [3.8, 4) is 0 Å². The first-order valence-electron chi connectivity index (χ1n) is 7.58. The lowest BCUT2D eigenvalue weighted by Crippen LogP contribution is -2.64. The molecule has 0 spiro atoms. The van der Waals surface area contributed by atoms with E-state index in [-0.39, 0.29) is 5.91 Å². The quantitative estimate of drug-likeness (QED) is 0.341. The Morgan fingerprint density at radius 1 is 1.23 bits per heavy atom. The van der Waals surface area contributed by atoms with Crippen molar-refractivity contribution >= 4 is 17.5 Å². The van der Waals surface area contributed by atoms with Gasteiger partial charge >= 0.3 is 0 Å². The number of rotatable bonds is 9.